The van der Waals surface area contributed by atoms with Crippen LogP contribution in [0.5, 0.6) is 5.75 Å². The van der Waals surface area contributed by atoms with Crippen molar-refractivity contribution in [1.29, 1.82) is 0 Å². The molecule has 3 nitrogen and oxygen atoms in total. The highest BCUT2D eigenvalue weighted by molar-refractivity contribution is 6.42. The van der Waals surface area contributed by atoms with Crippen LogP contribution in [0.25, 0.3) is 16.7 Å². The Balaban J connectivity index is 2.05. The molecule has 114 valence electrons. The van der Waals surface area contributed by atoms with E-state index in [2.05, 4.69) is 11.9 Å². The molecule has 1 heterocycles. The van der Waals surface area contributed by atoms with Crippen LogP contribution in [0.1, 0.15) is 13.3 Å². The summed E-state index contributed by atoms with van der Waals surface area (Å²) in [5.41, 5.74) is 2.39. The van der Waals surface area contributed by atoms with Gasteiger partial charge in [0.2, 0.25) is 5.28 Å². The molecular formula is C16H13Cl3N2O. The number of benzene rings is 2. The molecule has 0 aliphatic heterocycles. The molecule has 0 atom stereocenters. The van der Waals surface area contributed by atoms with Crippen molar-refractivity contribution >= 4 is 45.8 Å². The third-order valence-corrected chi connectivity index (χ3v) is 4.20. The van der Waals surface area contributed by atoms with Crippen LogP contribution in [0.15, 0.2) is 36.4 Å². The van der Waals surface area contributed by atoms with Crippen molar-refractivity contribution in [3.8, 4) is 11.4 Å². The van der Waals surface area contributed by atoms with E-state index < -0.39 is 0 Å². The fraction of sp³-hybridized carbons (Fsp3) is 0.188. The highest BCUT2D eigenvalue weighted by Gasteiger charge is 2.13. The standard InChI is InChI=1S/C16H13Cl3N2O/c1-2-7-22-11-5-3-10(4-6-11)21-15-9-13(18)12(17)8-14(15)20-16(21)19/h3-6,8-9H,2,7H2,1H3. The van der Waals surface area contributed by atoms with Gasteiger partial charge in [-0.3, -0.25) is 4.57 Å². The van der Waals surface area contributed by atoms with Gasteiger partial charge < -0.3 is 4.74 Å². The fourth-order valence-corrected chi connectivity index (χ4v) is 2.80. The molecule has 1 aromatic heterocycles. The third-order valence-electron chi connectivity index (χ3n) is 3.22. The smallest absolute Gasteiger partial charge is 0.208 e. The predicted molar refractivity (Wildman–Crippen MR) is 91.9 cm³/mol. The Morgan fingerprint density at radius 2 is 1.73 bits per heavy atom. The number of imidazole rings is 1. The normalized spacial score (nSPS) is 11.1. The first-order valence-corrected chi connectivity index (χ1v) is 7.99. The second kappa shape index (κ2) is 6.37. The summed E-state index contributed by atoms with van der Waals surface area (Å²) in [7, 11) is 0. The van der Waals surface area contributed by atoms with Crippen molar-refractivity contribution < 1.29 is 4.74 Å². The maximum atomic E-state index is 6.26. The van der Waals surface area contributed by atoms with Gasteiger partial charge in [0.1, 0.15) is 5.75 Å². The van der Waals surface area contributed by atoms with Crippen LogP contribution in [0, 0.1) is 0 Å². The summed E-state index contributed by atoms with van der Waals surface area (Å²) in [6.45, 7) is 2.77. The number of rotatable bonds is 4. The van der Waals surface area contributed by atoms with Crippen molar-refractivity contribution in [1.82, 2.24) is 9.55 Å². The van der Waals surface area contributed by atoms with E-state index in [1.165, 1.54) is 0 Å². The Kier molecular flexibility index (Phi) is 4.48. The van der Waals surface area contributed by atoms with Crippen LogP contribution in [-0.2, 0) is 0 Å². The summed E-state index contributed by atoms with van der Waals surface area (Å²) in [6, 6.07) is 11.1. The highest BCUT2D eigenvalue weighted by atomic mass is 35.5. The molecule has 0 aliphatic rings. The second-order valence-corrected chi connectivity index (χ2v) is 5.97. The molecule has 0 saturated heterocycles. The van der Waals surface area contributed by atoms with E-state index in [1.807, 2.05) is 28.8 Å². The summed E-state index contributed by atoms with van der Waals surface area (Å²) in [5.74, 6) is 0.826. The lowest BCUT2D eigenvalue weighted by molar-refractivity contribution is 0.317. The van der Waals surface area contributed by atoms with Gasteiger partial charge in [0.15, 0.2) is 0 Å². The average molecular weight is 356 g/mol. The third kappa shape index (κ3) is 2.89. The van der Waals surface area contributed by atoms with Crippen LogP contribution >= 0.6 is 34.8 Å². The van der Waals surface area contributed by atoms with Gasteiger partial charge in [0, 0.05) is 5.69 Å². The molecule has 3 aromatic rings. The molecule has 0 unspecified atom stereocenters. The van der Waals surface area contributed by atoms with Crippen molar-refractivity contribution in [2.24, 2.45) is 0 Å². The topological polar surface area (TPSA) is 27.1 Å². The first-order chi connectivity index (χ1) is 10.6. The first-order valence-electron chi connectivity index (χ1n) is 6.86. The molecule has 6 heteroatoms. The molecule has 0 amide bonds. The lowest BCUT2D eigenvalue weighted by atomic mass is 10.2. The quantitative estimate of drug-likeness (QED) is 0.593. The van der Waals surface area contributed by atoms with Gasteiger partial charge in [0.05, 0.1) is 27.7 Å². The lowest BCUT2D eigenvalue weighted by Gasteiger charge is -2.09. The van der Waals surface area contributed by atoms with Gasteiger partial charge in [-0.25, -0.2) is 4.98 Å². The predicted octanol–water partition coefficient (Wildman–Crippen LogP) is 5.77. The molecule has 0 saturated carbocycles. The zero-order valence-corrected chi connectivity index (χ0v) is 14.1. The molecule has 0 bridgehead atoms. The maximum Gasteiger partial charge on any atom is 0.208 e. The molecule has 0 fully saturated rings. The summed E-state index contributed by atoms with van der Waals surface area (Å²) >= 11 is 18.4. The number of aromatic nitrogens is 2. The first kappa shape index (κ1) is 15.5. The van der Waals surface area contributed by atoms with Crippen molar-refractivity contribution in [3.63, 3.8) is 0 Å². The Bertz CT molecular complexity index is 812. The molecule has 0 N–H and O–H groups in total. The lowest BCUT2D eigenvalue weighted by Crippen LogP contribution is -1.97. The molecule has 0 spiro atoms. The molecular weight excluding hydrogens is 343 g/mol. The molecule has 3 rings (SSSR count). The van der Waals surface area contributed by atoms with Crippen molar-refractivity contribution in [3.05, 3.63) is 51.7 Å². The monoisotopic (exact) mass is 354 g/mol. The molecule has 22 heavy (non-hydrogen) atoms. The van der Waals surface area contributed by atoms with E-state index in [4.69, 9.17) is 39.5 Å². The van der Waals surface area contributed by atoms with E-state index >= 15 is 0 Å². The number of hydrogen-bond donors (Lipinski definition) is 0. The van der Waals surface area contributed by atoms with Gasteiger partial charge in [-0.15, -0.1) is 0 Å². The minimum Gasteiger partial charge on any atom is -0.494 e. The number of fused-ring (bicyclic) bond motifs is 1. The van der Waals surface area contributed by atoms with E-state index in [0.29, 0.717) is 27.5 Å². The molecule has 0 aliphatic carbocycles. The minimum absolute atomic E-state index is 0.357. The van der Waals surface area contributed by atoms with Crippen molar-refractivity contribution in [2.75, 3.05) is 6.61 Å². The van der Waals surface area contributed by atoms with Crippen LogP contribution in [0.2, 0.25) is 15.3 Å². The zero-order valence-electron chi connectivity index (χ0n) is 11.8. The number of ether oxygens (including phenoxy) is 1. The Hall–Kier alpha value is -1.42. The number of hydrogen-bond acceptors (Lipinski definition) is 2. The minimum atomic E-state index is 0.357. The van der Waals surface area contributed by atoms with E-state index in [0.717, 1.165) is 23.4 Å². The summed E-state index contributed by atoms with van der Waals surface area (Å²) in [5, 5.41) is 1.28. The second-order valence-electron chi connectivity index (χ2n) is 4.81. The van der Waals surface area contributed by atoms with Gasteiger partial charge in [0.25, 0.3) is 0 Å². The van der Waals surface area contributed by atoms with Gasteiger partial charge in [-0.1, -0.05) is 30.1 Å². The van der Waals surface area contributed by atoms with E-state index in [-0.39, 0.29) is 0 Å². The Morgan fingerprint density at radius 3 is 2.41 bits per heavy atom. The van der Waals surface area contributed by atoms with Crippen LogP contribution in [0.3, 0.4) is 0 Å². The van der Waals surface area contributed by atoms with Gasteiger partial charge in [-0.05, 0) is 54.4 Å². The summed E-state index contributed by atoms with van der Waals surface area (Å²) in [6.07, 6.45) is 0.971. The number of halogens is 3. The van der Waals surface area contributed by atoms with Gasteiger partial charge in [-0.2, -0.15) is 0 Å². The Labute approximate surface area is 143 Å². The fourth-order valence-electron chi connectivity index (χ4n) is 2.20. The van der Waals surface area contributed by atoms with Crippen molar-refractivity contribution in [2.45, 2.75) is 13.3 Å². The SMILES string of the molecule is CCCOc1ccc(-n2c(Cl)nc3cc(Cl)c(Cl)cc32)cc1. The summed E-state index contributed by atoms with van der Waals surface area (Å²) in [4.78, 5) is 4.32. The Morgan fingerprint density at radius 1 is 1.05 bits per heavy atom. The van der Waals surface area contributed by atoms with Crippen LogP contribution in [0.4, 0.5) is 0 Å². The highest BCUT2D eigenvalue weighted by Crippen LogP contribution is 2.32. The maximum absolute atomic E-state index is 6.26. The largest absolute Gasteiger partial charge is 0.494 e. The van der Waals surface area contributed by atoms with Gasteiger partial charge >= 0.3 is 0 Å². The van der Waals surface area contributed by atoms with Crippen LogP contribution in [-0.4, -0.2) is 16.2 Å². The average Bonchev–Trinajstić information content (AvgIpc) is 2.81. The summed E-state index contributed by atoms with van der Waals surface area (Å²) < 4.78 is 7.41. The van der Waals surface area contributed by atoms with E-state index in [1.54, 1.807) is 12.1 Å². The van der Waals surface area contributed by atoms with E-state index in [9.17, 15) is 0 Å². The zero-order chi connectivity index (χ0) is 15.7. The van der Waals surface area contributed by atoms with Crippen LogP contribution < -0.4 is 4.74 Å². The number of nitrogens with zero attached hydrogens (tertiary/aromatic N) is 2. The molecule has 0 radical (unpaired) electrons. The molecule has 2 aromatic carbocycles.